The predicted octanol–water partition coefficient (Wildman–Crippen LogP) is 2.85. The summed E-state index contributed by atoms with van der Waals surface area (Å²) in [6.45, 7) is 7.64. The minimum Gasteiger partial charge on any atom is -0.372 e. The van der Waals surface area contributed by atoms with Crippen LogP contribution in [0.5, 0.6) is 0 Å². The maximum absolute atomic E-state index is 13.1. The zero-order valence-electron chi connectivity index (χ0n) is 7.51. The molecule has 0 aromatic carbocycles. The first-order valence-electron chi connectivity index (χ1n) is 4.33. The van der Waals surface area contributed by atoms with Gasteiger partial charge in [-0.2, -0.15) is 0 Å². The minimum atomic E-state index is -0.967. The highest BCUT2D eigenvalue weighted by atomic mass is 35.5. The Morgan fingerprint density at radius 1 is 1.69 bits per heavy atom. The molecular weight excluding hydrogens is 191 g/mol. The monoisotopic (exact) mass is 204 g/mol. The molecule has 74 valence electrons. The van der Waals surface area contributed by atoms with Gasteiger partial charge in [0.05, 0.1) is 18.1 Å². The van der Waals surface area contributed by atoms with E-state index in [9.17, 15) is 4.39 Å². The van der Waals surface area contributed by atoms with Crippen molar-refractivity contribution in [1.29, 1.82) is 0 Å². The van der Waals surface area contributed by atoms with Gasteiger partial charge in [0.2, 0.25) is 0 Å². The molecule has 0 N–H and O–H groups in total. The molecule has 0 bridgehead atoms. The SMILES string of the molecule is C=CCOC1CC(=C)C(F)CC1Cl. The van der Waals surface area contributed by atoms with Gasteiger partial charge in [-0.25, -0.2) is 4.39 Å². The molecule has 3 atom stereocenters. The largest absolute Gasteiger partial charge is 0.372 e. The summed E-state index contributed by atoms with van der Waals surface area (Å²) in [7, 11) is 0. The van der Waals surface area contributed by atoms with Crippen LogP contribution in [-0.4, -0.2) is 24.3 Å². The van der Waals surface area contributed by atoms with Crippen molar-refractivity contribution >= 4 is 11.6 Å². The van der Waals surface area contributed by atoms with Crippen molar-refractivity contribution in [2.24, 2.45) is 0 Å². The summed E-state index contributed by atoms with van der Waals surface area (Å²) >= 11 is 5.94. The molecule has 0 aromatic rings. The van der Waals surface area contributed by atoms with Gasteiger partial charge in [0.1, 0.15) is 6.17 Å². The Bertz CT molecular complexity index is 205. The van der Waals surface area contributed by atoms with Crippen molar-refractivity contribution < 1.29 is 9.13 Å². The summed E-state index contributed by atoms with van der Waals surface area (Å²) < 4.78 is 18.4. The topological polar surface area (TPSA) is 9.23 Å². The molecule has 1 aliphatic rings. The molecule has 13 heavy (non-hydrogen) atoms. The van der Waals surface area contributed by atoms with Crippen LogP contribution in [0.15, 0.2) is 24.8 Å². The highest BCUT2D eigenvalue weighted by Crippen LogP contribution is 2.30. The van der Waals surface area contributed by atoms with E-state index in [1.807, 2.05) is 0 Å². The maximum atomic E-state index is 13.1. The molecule has 3 heteroatoms. The third-order valence-corrected chi connectivity index (χ3v) is 2.63. The fourth-order valence-corrected chi connectivity index (χ4v) is 1.70. The van der Waals surface area contributed by atoms with Crippen LogP contribution >= 0.6 is 11.6 Å². The molecule has 1 rings (SSSR count). The summed E-state index contributed by atoms with van der Waals surface area (Å²) in [5.41, 5.74) is 0.589. The average molecular weight is 205 g/mol. The molecule has 0 spiro atoms. The molecule has 0 radical (unpaired) electrons. The van der Waals surface area contributed by atoms with Gasteiger partial charge in [0, 0.05) is 6.42 Å². The summed E-state index contributed by atoms with van der Waals surface area (Å²) in [5, 5.41) is -0.250. The van der Waals surface area contributed by atoms with Crippen LogP contribution in [0.4, 0.5) is 4.39 Å². The lowest BCUT2D eigenvalue weighted by molar-refractivity contribution is 0.0510. The molecule has 0 aliphatic heterocycles. The second-order valence-corrected chi connectivity index (χ2v) is 3.80. The summed E-state index contributed by atoms with van der Waals surface area (Å²) in [4.78, 5) is 0. The van der Waals surface area contributed by atoms with Crippen LogP contribution < -0.4 is 0 Å². The Balaban J connectivity index is 2.46. The molecule has 0 saturated heterocycles. The standard InChI is InChI=1S/C10H14ClFO/c1-3-4-13-10-5-7(2)9(12)6-8(10)11/h3,8-10H,1-2,4-6H2. The molecule has 1 aliphatic carbocycles. The van der Waals surface area contributed by atoms with Crippen molar-refractivity contribution in [1.82, 2.24) is 0 Å². The number of hydrogen-bond acceptors (Lipinski definition) is 1. The fraction of sp³-hybridized carbons (Fsp3) is 0.600. The van der Waals surface area contributed by atoms with Crippen LogP contribution in [0.1, 0.15) is 12.8 Å². The van der Waals surface area contributed by atoms with E-state index >= 15 is 0 Å². The highest BCUT2D eigenvalue weighted by Gasteiger charge is 2.31. The third kappa shape index (κ3) is 2.82. The average Bonchev–Trinajstić information content (AvgIpc) is 2.09. The first kappa shape index (κ1) is 10.7. The summed E-state index contributed by atoms with van der Waals surface area (Å²) in [5.74, 6) is 0. The van der Waals surface area contributed by atoms with E-state index < -0.39 is 6.17 Å². The van der Waals surface area contributed by atoms with Gasteiger partial charge in [-0.3, -0.25) is 0 Å². The molecular formula is C10H14ClFO. The number of halogens is 2. The van der Waals surface area contributed by atoms with Crippen LogP contribution in [0.2, 0.25) is 0 Å². The summed E-state index contributed by atoms with van der Waals surface area (Å²) in [6, 6.07) is 0. The smallest absolute Gasteiger partial charge is 0.122 e. The number of rotatable bonds is 3. The van der Waals surface area contributed by atoms with Crippen molar-refractivity contribution in [3.8, 4) is 0 Å². The number of hydrogen-bond donors (Lipinski definition) is 0. The number of alkyl halides is 2. The van der Waals surface area contributed by atoms with Crippen molar-refractivity contribution in [2.75, 3.05) is 6.61 Å². The predicted molar refractivity (Wildman–Crippen MR) is 52.8 cm³/mol. The maximum Gasteiger partial charge on any atom is 0.122 e. The molecule has 0 amide bonds. The quantitative estimate of drug-likeness (QED) is 0.508. The molecule has 1 fully saturated rings. The van der Waals surface area contributed by atoms with Gasteiger partial charge in [-0.1, -0.05) is 12.7 Å². The van der Waals surface area contributed by atoms with Crippen molar-refractivity contribution in [2.45, 2.75) is 30.5 Å². The number of ether oxygens (including phenoxy) is 1. The Morgan fingerprint density at radius 2 is 2.38 bits per heavy atom. The lowest BCUT2D eigenvalue weighted by atomic mass is 9.91. The van der Waals surface area contributed by atoms with E-state index in [-0.39, 0.29) is 11.5 Å². The van der Waals surface area contributed by atoms with Crippen LogP contribution in [-0.2, 0) is 4.74 Å². The first-order chi connectivity index (χ1) is 6.15. The molecule has 3 unspecified atom stereocenters. The van der Waals surface area contributed by atoms with Crippen molar-refractivity contribution in [3.63, 3.8) is 0 Å². The normalized spacial score (nSPS) is 34.6. The van der Waals surface area contributed by atoms with E-state index in [0.29, 0.717) is 25.0 Å². The van der Waals surface area contributed by atoms with E-state index in [0.717, 1.165) is 0 Å². The lowest BCUT2D eigenvalue weighted by Crippen LogP contribution is -2.34. The van der Waals surface area contributed by atoms with E-state index in [2.05, 4.69) is 13.2 Å². The first-order valence-corrected chi connectivity index (χ1v) is 4.77. The van der Waals surface area contributed by atoms with E-state index in [1.165, 1.54) is 0 Å². The molecule has 0 aromatic heterocycles. The van der Waals surface area contributed by atoms with Crippen LogP contribution in [0.3, 0.4) is 0 Å². The zero-order chi connectivity index (χ0) is 9.84. The molecule has 1 nitrogen and oxygen atoms in total. The van der Waals surface area contributed by atoms with Gasteiger partial charge in [-0.15, -0.1) is 18.2 Å². The Hall–Kier alpha value is -0.340. The van der Waals surface area contributed by atoms with Crippen molar-refractivity contribution in [3.05, 3.63) is 24.8 Å². The second-order valence-electron chi connectivity index (χ2n) is 3.24. The van der Waals surface area contributed by atoms with Gasteiger partial charge < -0.3 is 4.74 Å². The van der Waals surface area contributed by atoms with Crippen LogP contribution in [0, 0.1) is 0 Å². The Morgan fingerprint density at radius 3 is 3.00 bits per heavy atom. The van der Waals surface area contributed by atoms with E-state index in [4.69, 9.17) is 16.3 Å². The van der Waals surface area contributed by atoms with E-state index in [1.54, 1.807) is 6.08 Å². The van der Waals surface area contributed by atoms with Gasteiger partial charge in [-0.05, 0) is 12.0 Å². The molecule has 1 saturated carbocycles. The Kier molecular flexibility index (Phi) is 3.94. The molecule has 0 heterocycles. The minimum absolute atomic E-state index is 0.112. The Labute approximate surface area is 83.2 Å². The second kappa shape index (κ2) is 4.77. The fourth-order valence-electron chi connectivity index (χ4n) is 1.39. The van der Waals surface area contributed by atoms with Gasteiger partial charge >= 0.3 is 0 Å². The van der Waals surface area contributed by atoms with Crippen LogP contribution in [0.25, 0.3) is 0 Å². The van der Waals surface area contributed by atoms with Gasteiger partial charge in [0.25, 0.3) is 0 Å². The highest BCUT2D eigenvalue weighted by molar-refractivity contribution is 6.21. The zero-order valence-corrected chi connectivity index (χ0v) is 8.27. The third-order valence-electron chi connectivity index (χ3n) is 2.17. The summed E-state index contributed by atoms with van der Waals surface area (Å²) in [6.07, 6.45) is 1.41. The van der Waals surface area contributed by atoms with Gasteiger partial charge in [0.15, 0.2) is 0 Å². The lowest BCUT2D eigenvalue weighted by Gasteiger charge is -2.30.